The van der Waals surface area contributed by atoms with Crippen LogP contribution in [0.15, 0.2) is 0 Å². The van der Waals surface area contributed by atoms with E-state index in [0.29, 0.717) is 26.1 Å². The number of carbonyl (C=O) groups excluding carboxylic acids is 1. The van der Waals surface area contributed by atoms with E-state index in [0.717, 1.165) is 0 Å². The molecular weight excluding hydrogens is 240 g/mol. The third-order valence-corrected chi connectivity index (χ3v) is 3.08. The topological polar surface area (TPSA) is 111 Å². The zero-order valence-electron chi connectivity index (χ0n) is 10.3. The zero-order valence-corrected chi connectivity index (χ0v) is 10.3. The van der Waals surface area contributed by atoms with Crippen molar-refractivity contribution in [3.63, 3.8) is 0 Å². The Balaban J connectivity index is 2.27. The van der Waals surface area contributed by atoms with E-state index >= 15 is 0 Å². The van der Waals surface area contributed by atoms with E-state index in [2.05, 4.69) is 5.32 Å². The van der Waals surface area contributed by atoms with Gasteiger partial charge in [-0.3, -0.25) is 4.79 Å². The molecular formula is C11H20N2O5. The number of carbonyl (C=O) groups is 2. The molecule has 0 unspecified atom stereocenters. The molecule has 1 fully saturated rings. The molecule has 7 nitrogen and oxygen atoms in total. The number of hydrogen-bond donors (Lipinski definition) is 3. The summed E-state index contributed by atoms with van der Waals surface area (Å²) >= 11 is 0. The van der Waals surface area contributed by atoms with Gasteiger partial charge in [0.05, 0.1) is 12.0 Å². The summed E-state index contributed by atoms with van der Waals surface area (Å²) in [6.07, 6.45) is 1.23. The lowest BCUT2D eigenvalue weighted by Crippen LogP contribution is -2.49. The maximum absolute atomic E-state index is 12.0. The molecule has 0 aromatic heterocycles. The van der Waals surface area contributed by atoms with E-state index in [1.54, 1.807) is 0 Å². The summed E-state index contributed by atoms with van der Waals surface area (Å²) in [7, 11) is 0. The summed E-state index contributed by atoms with van der Waals surface area (Å²) in [6.45, 7) is 1.48. The van der Waals surface area contributed by atoms with Gasteiger partial charge in [0.15, 0.2) is 0 Å². The van der Waals surface area contributed by atoms with Crippen LogP contribution in [-0.4, -0.2) is 56.5 Å². The van der Waals surface area contributed by atoms with E-state index in [1.165, 1.54) is 0 Å². The predicted molar refractivity (Wildman–Crippen MR) is 63.0 cm³/mol. The highest BCUT2D eigenvalue weighted by Crippen LogP contribution is 2.29. The molecule has 1 amide bonds. The second kappa shape index (κ2) is 7.30. The van der Waals surface area contributed by atoms with Gasteiger partial charge in [-0.2, -0.15) is 0 Å². The average Bonchev–Trinajstić information content (AvgIpc) is 2.38. The molecule has 104 valence electrons. The van der Waals surface area contributed by atoms with E-state index in [1.807, 2.05) is 0 Å². The summed E-state index contributed by atoms with van der Waals surface area (Å²) in [6, 6.07) is 0. The predicted octanol–water partition coefficient (Wildman–Crippen LogP) is -1.04. The fraction of sp³-hybridized carbons (Fsp3) is 0.818. The number of carboxylic acids is 1. The smallest absolute Gasteiger partial charge is 0.329 e. The van der Waals surface area contributed by atoms with Crippen molar-refractivity contribution in [3.8, 4) is 0 Å². The van der Waals surface area contributed by atoms with Crippen LogP contribution in [0.3, 0.4) is 0 Å². The van der Waals surface area contributed by atoms with Crippen molar-refractivity contribution in [2.45, 2.75) is 12.8 Å². The van der Waals surface area contributed by atoms with E-state index in [9.17, 15) is 9.59 Å². The van der Waals surface area contributed by atoms with Crippen molar-refractivity contribution in [2.75, 3.05) is 39.5 Å². The first-order chi connectivity index (χ1) is 8.60. The monoisotopic (exact) mass is 260 g/mol. The Kier molecular flexibility index (Phi) is 6.03. The first kappa shape index (κ1) is 14.9. The molecule has 0 saturated carbocycles. The fourth-order valence-corrected chi connectivity index (χ4v) is 1.87. The average molecular weight is 260 g/mol. The van der Waals surface area contributed by atoms with Crippen LogP contribution in [0.1, 0.15) is 12.8 Å². The minimum Gasteiger partial charge on any atom is -0.480 e. The van der Waals surface area contributed by atoms with Crippen molar-refractivity contribution >= 4 is 11.9 Å². The van der Waals surface area contributed by atoms with Gasteiger partial charge in [-0.1, -0.05) is 0 Å². The molecule has 18 heavy (non-hydrogen) atoms. The van der Waals surface area contributed by atoms with Crippen LogP contribution in [-0.2, 0) is 19.1 Å². The van der Waals surface area contributed by atoms with Crippen molar-refractivity contribution in [3.05, 3.63) is 0 Å². The number of hydrogen-bond acceptors (Lipinski definition) is 5. The van der Waals surface area contributed by atoms with Gasteiger partial charge in [-0.25, -0.2) is 4.79 Å². The van der Waals surface area contributed by atoms with Gasteiger partial charge < -0.3 is 25.6 Å². The van der Waals surface area contributed by atoms with E-state index < -0.39 is 11.4 Å². The third kappa shape index (κ3) is 4.25. The normalized spacial score (nSPS) is 18.3. The number of aliphatic carboxylic acids is 1. The minimum atomic E-state index is -1.02. The van der Waals surface area contributed by atoms with Crippen LogP contribution in [0.2, 0.25) is 0 Å². The maximum Gasteiger partial charge on any atom is 0.329 e. The van der Waals surface area contributed by atoms with Gasteiger partial charge >= 0.3 is 5.97 Å². The van der Waals surface area contributed by atoms with Gasteiger partial charge in [0.2, 0.25) is 5.91 Å². The van der Waals surface area contributed by atoms with Gasteiger partial charge in [-0.15, -0.1) is 0 Å². The number of nitrogens with one attached hydrogen (secondary N) is 1. The Morgan fingerprint density at radius 3 is 2.61 bits per heavy atom. The highest BCUT2D eigenvalue weighted by Gasteiger charge is 2.38. The minimum absolute atomic E-state index is 0.104. The summed E-state index contributed by atoms with van der Waals surface area (Å²) < 4.78 is 10.0. The first-order valence-electron chi connectivity index (χ1n) is 5.96. The maximum atomic E-state index is 12.0. The standard InChI is InChI=1S/C11H20N2O5/c12-8-11(1-4-17-5-2-11)10(16)13-3-6-18-7-9(14)15/h1-8,12H2,(H,13,16)(H,14,15). The Bertz CT molecular complexity index is 289. The lowest BCUT2D eigenvalue weighted by molar-refractivity contribution is -0.142. The number of nitrogens with two attached hydrogens (primary N) is 1. The Hall–Kier alpha value is -1.18. The second-order valence-corrected chi connectivity index (χ2v) is 4.30. The second-order valence-electron chi connectivity index (χ2n) is 4.30. The number of carboxylic acid groups (broad SMARTS) is 1. The van der Waals surface area contributed by atoms with Crippen LogP contribution < -0.4 is 11.1 Å². The summed E-state index contributed by atoms with van der Waals surface area (Å²) in [4.78, 5) is 22.2. The largest absolute Gasteiger partial charge is 0.480 e. The SMILES string of the molecule is NCC1(C(=O)NCCOCC(=O)O)CCOCC1. The highest BCUT2D eigenvalue weighted by atomic mass is 16.5. The molecule has 0 atom stereocenters. The van der Waals surface area contributed by atoms with E-state index in [-0.39, 0.29) is 32.2 Å². The molecule has 0 aliphatic carbocycles. The molecule has 7 heteroatoms. The molecule has 0 aromatic rings. The van der Waals surface area contributed by atoms with Gasteiger partial charge in [0.25, 0.3) is 0 Å². The molecule has 1 heterocycles. The molecule has 0 spiro atoms. The Morgan fingerprint density at radius 2 is 2.06 bits per heavy atom. The lowest BCUT2D eigenvalue weighted by Gasteiger charge is -2.34. The first-order valence-corrected chi connectivity index (χ1v) is 5.96. The Labute approximate surface area is 106 Å². The van der Waals surface area contributed by atoms with Crippen molar-refractivity contribution in [1.82, 2.24) is 5.32 Å². The molecule has 4 N–H and O–H groups in total. The lowest BCUT2D eigenvalue weighted by atomic mass is 9.79. The molecule has 1 saturated heterocycles. The molecule has 1 aliphatic rings. The third-order valence-electron chi connectivity index (χ3n) is 3.08. The van der Waals surface area contributed by atoms with Crippen LogP contribution in [0.4, 0.5) is 0 Å². The van der Waals surface area contributed by atoms with Crippen molar-refractivity contribution in [2.24, 2.45) is 11.1 Å². The van der Waals surface area contributed by atoms with Gasteiger partial charge in [0.1, 0.15) is 6.61 Å². The summed E-state index contributed by atoms with van der Waals surface area (Å²) in [5.74, 6) is -1.13. The van der Waals surface area contributed by atoms with Crippen molar-refractivity contribution in [1.29, 1.82) is 0 Å². The molecule has 1 aliphatic heterocycles. The zero-order chi connectivity index (χ0) is 13.4. The van der Waals surface area contributed by atoms with Gasteiger partial charge in [-0.05, 0) is 12.8 Å². The van der Waals surface area contributed by atoms with E-state index in [4.69, 9.17) is 20.3 Å². The van der Waals surface area contributed by atoms with Crippen LogP contribution in [0.5, 0.6) is 0 Å². The van der Waals surface area contributed by atoms with Crippen LogP contribution >= 0.6 is 0 Å². The number of amides is 1. The summed E-state index contributed by atoms with van der Waals surface area (Å²) in [5.41, 5.74) is 5.13. The molecule has 0 radical (unpaired) electrons. The number of ether oxygens (including phenoxy) is 2. The molecule has 0 bridgehead atoms. The Morgan fingerprint density at radius 1 is 1.39 bits per heavy atom. The molecule has 1 rings (SSSR count). The number of rotatable bonds is 7. The van der Waals surface area contributed by atoms with Crippen LogP contribution in [0.25, 0.3) is 0 Å². The fourth-order valence-electron chi connectivity index (χ4n) is 1.87. The summed E-state index contributed by atoms with van der Waals surface area (Å²) in [5, 5.41) is 11.1. The quantitative estimate of drug-likeness (QED) is 0.504. The van der Waals surface area contributed by atoms with Crippen LogP contribution in [0, 0.1) is 5.41 Å². The van der Waals surface area contributed by atoms with Gasteiger partial charge in [0, 0.05) is 26.3 Å². The molecule has 0 aromatic carbocycles. The highest BCUT2D eigenvalue weighted by molar-refractivity contribution is 5.83. The van der Waals surface area contributed by atoms with Crippen molar-refractivity contribution < 1.29 is 24.2 Å².